The summed E-state index contributed by atoms with van der Waals surface area (Å²) in [6.45, 7) is 3.78. The number of rotatable bonds is 8. The minimum atomic E-state index is -1.14. The van der Waals surface area contributed by atoms with Gasteiger partial charge in [0.25, 0.3) is 11.8 Å². The Balaban J connectivity index is 1.96. The molecule has 3 N–H and O–H groups in total. The van der Waals surface area contributed by atoms with Crippen LogP contribution in [0.4, 0.5) is 4.39 Å². The molecule has 1 aromatic heterocycles. The Kier molecular flexibility index (Phi) is 6.59. The zero-order valence-corrected chi connectivity index (χ0v) is 17.2. The minimum Gasteiger partial charge on any atom is -0.363 e. The molecule has 1 heterocycles. The van der Waals surface area contributed by atoms with Crippen LogP contribution in [-0.2, 0) is 16.0 Å². The second-order valence-corrected chi connectivity index (χ2v) is 7.42. The third kappa shape index (κ3) is 5.22. The highest BCUT2D eigenvalue weighted by Crippen LogP contribution is 2.24. The van der Waals surface area contributed by atoms with E-state index in [1.165, 1.54) is 24.4 Å². The maximum Gasteiger partial charge on any atom is 0.287 e. The van der Waals surface area contributed by atoms with Crippen LogP contribution < -0.4 is 11.1 Å². The first-order valence-electron chi connectivity index (χ1n) is 9.79. The summed E-state index contributed by atoms with van der Waals surface area (Å²) in [6.07, 6.45) is 1.64. The third-order valence-corrected chi connectivity index (χ3v) is 4.75. The molecule has 2 aromatic carbocycles. The summed E-state index contributed by atoms with van der Waals surface area (Å²) in [7, 11) is 0. The van der Waals surface area contributed by atoms with E-state index in [9.17, 15) is 18.8 Å². The highest BCUT2D eigenvalue weighted by atomic mass is 19.1. The molecule has 2 amide bonds. The molecule has 8 heteroatoms. The molecule has 0 aliphatic carbocycles. The third-order valence-electron chi connectivity index (χ3n) is 4.75. The van der Waals surface area contributed by atoms with Crippen LogP contribution in [0.25, 0.3) is 11.3 Å². The Morgan fingerprint density at radius 2 is 1.81 bits per heavy atom. The standard InChI is InChI=1S/C23H23FN4O3/c1-14(2)28-13-18(20(27-28)16-9-6-10-17(24)12-16)23(31)26-19(21(29)22(25)30)11-15-7-4-3-5-8-15/h3-10,12-14,19H,11H2,1-2H3,(H2,25,30)(H,26,31). The summed E-state index contributed by atoms with van der Waals surface area (Å²) in [5, 5.41) is 7.03. The normalized spacial score (nSPS) is 11.9. The summed E-state index contributed by atoms with van der Waals surface area (Å²) >= 11 is 0. The fourth-order valence-corrected chi connectivity index (χ4v) is 3.14. The largest absolute Gasteiger partial charge is 0.363 e. The van der Waals surface area contributed by atoms with Crippen molar-refractivity contribution in [1.82, 2.24) is 15.1 Å². The van der Waals surface area contributed by atoms with Crippen molar-refractivity contribution in [2.24, 2.45) is 5.73 Å². The van der Waals surface area contributed by atoms with Crippen LogP contribution >= 0.6 is 0 Å². The summed E-state index contributed by atoms with van der Waals surface area (Å²) in [5.74, 6) is -3.11. The van der Waals surface area contributed by atoms with Crippen molar-refractivity contribution in [3.8, 4) is 11.3 Å². The topological polar surface area (TPSA) is 107 Å². The number of Topliss-reactive ketones (excluding diaryl/α,β-unsaturated/α-hetero) is 1. The molecule has 0 bridgehead atoms. The number of halogens is 1. The van der Waals surface area contributed by atoms with E-state index < -0.39 is 29.5 Å². The van der Waals surface area contributed by atoms with E-state index in [0.29, 0.717) is 5.56 Å². The van der Waals surface area contributed by atoms with Crippen molar-refractivity contribution in [3.63, 3.8) is 0 Å². The predicted octanol–water partition coefficient (Wildman–Crippen LogP) is 2.67. The van der Waals surface area contributed by atoms with Crippen LogP contribution in [0.15, 0.2) is 60.8 Å². The Morgan fingerprint density at radius 3 is 2.42 bits per heavy atom. The van der Waals surface area contributed by atoms with Gasteiger partial charge in [-0.1, -0.05) is 42.5 Å². The number of ketones is 1. The molecule has 1 atom stereocenters. The molecule has 3 rings (SSSR count). The zero-order valence-electron chi connectivity index (χ0n) is 17.2. The van der Waals surface area contributed by atoms with Gasteiger partial charge in [-0.3, -0.25) is 19.1 Å². The lowest BCUT2D eigenvalue weighted by Gasteiger charge is -2.16. The summed E-state index contributed by atoms with van der Waals surface area (Å²) in [4.78, 5) is 37.0. The van der Waals surface area contributed by atoms with Crippen LogP contribution in [0.3, 0.4) is 0 Å². The average molecular weight is 422 g/mol. The molecular formula is C23H23FN4O3. The van der Waals surface area contributed by atoms with E-state index in [-0.39, 0.29) is 23.7 Å². The SMILES string of the molecule is CC(C)n1cc(C(=O)NC(Cc2ccccc2)C(=O)C(N)=O)c(-c2cccc(F)c2)n1. The number of carbonyl (C=O) groups is 3. The van der Waals surface area contributed by atoms with Crippen molar-refractivity contribution in [1.29, 1.82) is 0 Å². The van der Waals surface area contributed by atoms with Crippen molar-refractivity contribution >= 4 is 17.6 Å². The molecular weight excluding hydrogens is 399 g/mol. The van der Waals surface area contributed by atoms with Gasteiger partial charge >= 0.3 is 0 Å². The number of carbonyl (C=O) groups excluding carboxylic acids is 3. The quantitative estimate of drug-likeness (QED) is 0.544. The second-order valence-electron chi connectivity index (χ2n) is 7.42. The van der Waals surface area contributed by atoms with E-state index in [1.54, 1.807) is 35.0 Å². The molecule has 0 fully saturated rings. The number of aromatic nitrogens is 2. The molecule has 3 aromatic rings. The maximum absolute atomic E-state index is 13.8. The summed E-state index contributed by atoms with van der Waals surface area (Å²) < 4.78 is 15.3. The number of amides is 2. The Hall–Kier alpha value is -3.81. The lowest BCUT2D eigenvalue weighted by molar-refractivity contribution is -0.137. The van der Waals surface area contributed by atoms with E-state index in [1.807, 2.05) is 19.9 Å². The van der Waals surface area contributed by atoms with Crippen molar-refractivity contribution < 1.29 is 18.8 Å². The first-order chi connectivity index (χ1) is 14.8. The first-order valence-corrected chi connectivity index (χ1v) is 9.79. The highest BCUT2D eigenvalue weighted by molar-refractivity contribution is 6.38. The molecule has 1 unspecified atom stereocenters. The van der Waals surface area contributed by atoms with Crippen LogP contribution in [-0.4, -0.2) is 33.4 Å². The van der Waals surface area contributed by atoms with E-state index in [0.717, 1.165) is 5.56 Å². The van der Waals surface area contributed by atoms with Gasteiger partial charge in [-0.15, -0.1) is 0 Å². The Bertz CT molecular complexity index is 1110. The van der Waals surface area contributed by atoms with Gasteiger partial charge in [0.1, 0.15) is 17.6 Å². The number of primary amides is 1. The average Bonchev–Trinajstić information content (AvgIpc) is 3.19. The Labute approximate surface area is 179 Å². The lowest BCUT2D eigenvalue weighted by atomic mass is 10.0. The van der Waals surface area contributed by atoms with E-state index in [4.69, 9.17) is 5.73 Å². The van der Waals surface area contributed by atoms with Gasteiger partial charge in [0.15, 0.2) is 0 Å². The van der Waals surface area contributed by atoms with Gasteiger partial charge in [-0.05, 0) is 31.5 Å². The molecule has 0 spiro atoms. The summed E-state index contributed by atoms with van der Waals surface area (Å²) in [5.41, 5.74) is 6.80. The number of benzene rings is 2. The number of hydrogen-bond donors (Lipinski definition) is 2. The number of nitrogens with one attached hydrogen (secondary N) is 1. The van der Waals surface area contributed by atoms with Gasteiger partial charge in [0.05, 0.1) is 5.56 Å². The molecule has 0 aliphatic rings. The zero-order chi connectivity index (χ0) is 22.5. The molecule has 0 saturated carbocycles. The number of hydrogen-bond acceptors (Lipinski definition) is 4. The molecule has 0 radical (unpaired) electrons. The van der Waals surface area contributed by atoms with Gasteiger partial charge in [0.2, 0.25) is 5.78 Å². The molecule has 0 saturated heterocycles. The smallest absolute Gasteiger partial charge is 0.287 e. The minimum absolute atomic E-state index is 0.0544. The van der Waals surface area contributed by atoms with Gasteiger partial charge in [-0.25, -0.2) is 4.39 Å². The molecule has 31 heavy (non-hydrogen) atoms. The van der Waals surface area contributed by atoms with Crippen LogP contribution in [0.2, 0.25) is 0 Å². The molecule has 0 aliphatic heterocycles. The summed E-state index contributed by atoms with van der Waals surface area (Å²) in [6, 6.07) is 13.5. The first kappa shape index (κ1) is 21.9. The van der Waals surface area contributed by atoms with Gasteiger partial charge in [-0.2, -0.15) is 5.10 Å². The van der Waals surface area contributed by atoms with Crippen LogP contribution in [0, 0.1) is 5.82 Å². The Morgan fingerprint density at radius 1 is 1.10 bits per heavy atom. The van der Waals surface area contributed by atoms with Crippen molar-refractivity contribution in [2.45, 2.75) is 32.4 Å². The lowest BCUT2D eigenvalue weighted by Crippen LogP contribution is -2.47. The highest BCUT2D eigenvalue weighted by Gasteiger charge is 2.28. The molecule has 160 valence electrons. The monoisotopic (exact) mass is 422 g/mol. The van der Waals surface area contributed by atoms with Gasteiger partial charge in [0, 0.05) is 24.2 Å². The molecule has 7 nitrogen and oxygen atoms in total. The fourth-order valence-electron chi connectivity index (χ4n) is 3.14. The number of nitrogens with two attached hydrogens (primary N) is 1. The van der Waals surface area contributed by atoms with E-state index >= 15 is 0 Å². The van der Waals surface area contributed by atoms with E-state index in [2.05, 4.69) is 10.4 Å². The fraction of sp³-hybridized carbons (Fsp3) is 0.217. The van der Waals surface area contributed by atoms with Crippen LogP contribution in [0.1, 0.15) is 35.8 Å². The predicted molar refractivity (Wildman–Crippen MR) is 114 cm³/mol. The van der Waals surface area contributed by atoms with Gasteiger partial charge < -0.3 is 11.1 Å². The number of nitrogens with zero attached hydrogens (tertiary/aromatic N) is 2. The maximum atomic E-state index is 13.8. The second kappa shape index (κ2) is 9.34. The van der Waals surface area contributed by atoms with Crippen LogP contribution in [0.5, 0.6) is 0 Å². The van der Waals surface area contributed by atoms with Crippen molar-refractivity contribution in [3.05, 3.63) is 77.7 Å². The van der Waals surface area contributed by atoms with Crippen molar-refractivity contribution in [2.75, 3.05) is 0 Å².